The van der Waals surface area contributed by atoms with E-state index in [1.807, 2.05) is 0 Å². The Morgan fingerprint density at radius 3 is 2.16 bits per heavy atom. The monoisotopic (exact) mass is 278 g/mol. The van der Waals surface area contributed by atoms with Crippen molar-refractivity contribution in [3.63, 3.8) is 0 Å². The largest absolute Gasteiger partial charge is 0.458 e. The molecule has 0 aliphatic heterocycles. The van der Waals surface area contributed by atoms with Crippen LogP contribution in [0.1, 0.15) is 19.8 Å². The van der Waals surface area contributed by atoms with E-state index in [-0.39, 0.29) is 18.6 Å². The van der Waals surface area contributed by atoms with Crippen LogP contribution in [0, 0.1) is 0 Å². The van der Waals surface area contributed by atoms with Gasteiger partial charge in [-0.1, -0.05) is 0 Å². The van der Waals surface area contributed by atoms with Gasteiger partial charge < -0.3 is 30.0 Å². The van der Waals surface area contributed by atoms with Crippen molar-refractivity contribution >= 4 is 17.5 Å². The highest BCUT2D eigenvalue weighted by molar-refractivity contribution is 5.87. The lowest BCUT2D eigenvalue weighted by Gasteiger charge is -2.20. The maximum atomic E-state index is 11.3. The molecule has 0 radical (unpaired) electrons. The molecule has 0 unspecified atom stereocenters. The highest BCUT2D eigenvalue weighted by Gasteiger charge is 2.30. The first kappa shape index (κ1) is 17.6. The van der Waals surface area contributed by atoms with Crippen LogP contribution < -0.4 is 0 Å². The summed E-state index contributed by atoms with van der Waals surface area (Å²) in [5.74, 6) is -2.01. The van der Waals surface area contributed by atoms with E-state index in [0.29, 0.717) is 0 Å². The van der Waals surface area contributed by atoms with Gasteiger partial charge in [0.25, 0.3) is 0 Å². The second-order valence-electron chi connectivity index (χ2n) is 4.01. The van der Waals surface area contributed by atoms with Gasteiger partial charge in [-0.25, -0.2) is 0 Å². The number of ether oxygens (including phenoxy) is 1. The molecule has 0 aromatic heterocycles. The number of carbonyl (C=O) groups is 3. The number of rotatable bonds is 9. The van der Waals surface area contributed by atoms with Crippen LogP contribution in [0.5, 0.6) is 0 Å². The van der Waals surface area contributed by atoms with Crippen LogP contribution in [-0.4, -0.2) is 69.5 Å². The molecular weight excluding hydrogens is 260 g/mol. The summed E-state index contributed by atoms with van der Waals surface area (Å²) in [4.78, 5) is 33.0. The maximum absolute atomic E-state index is 11.3. The van der Waals surface area contributed by atoms with Crippen molar-refractivity contribution in [2.45, 2.75) is 38.1 Å². The second kappa shape index (κ2) is 8.70. The van der Waals surface area contributed by atoms with Gasteiger partial charge in [-0.3, -0.25) is 9.59 Å². The van der Waals surface area contributed by atoms with Gasteiger partial charge in [0.2, 0.25) is 5.78 Å². The summed E-state index contributed by atoms with van der Waals surface area (Å²) >= 11 is 0. The fourth-order valence-corrected chi connectivity index (χ4v) is 1.10. The van der Waals surface area contributed by atoms with Crippen LogP contribution >= 0.6 is 0 Å². The highest BCUT2D eigenvalue weighted by atomic mass is 16.5. The van der Waals surface area contributed by atoms with Gasteiger partial charge in [0.05, 0.1) is 13.0 Å². The van der Waals surface area contributed by atoms with Crippen molar-refractivity contribution in [1.29, 1.82) is 0 Å². The van der Waals surface area contributed by atoms with E-state index < -0.39 is 43.3 Å². The van der Waals surface area contributed by atoms with E-state index in [9.17, 15) is 24.6 Å². The summed E-state index contributed by atoms with van der Waals surface area (Å²) < 4.78 is 4.48. The summed E-state index contributed by atoms with van der Waals surface area (Å²) in [6.45, 7) is -0.314. The van der Waals surface area contributed by atoms with Crippen LogP contribution in [0.15, 0.2) is 0 Å². The van der Waals surface area contributed by atoms with Gasteiger partial charge in [-0.2, -0.15) is 0 Å². The van der Waals surface area contributed by atoms with E-state index in [1.165, 1.54) is 6.92 Å². The molecule has 0 fully saturated rings. The van der Waals surface area contributed by atoms with Crippen molar-refractivity contribution in [3.05, 3.63) is 0 Å². The standard InChI is InChI=1S/C11H18O8/c1-6(13)2-3-9(16)19-5-8(15)11(18)10(17)7(14)4-12/h7,10-12,14,17-18H,2-5H2,1H3/t7-,10-,11-/m1/s1. The topological polar surface area (TPSA) is 141 Å². The average Bonchev–Trinajstić information content (AvgIpc) is 2.39. The number of esters is 1. The Balaban J connectivity index is 4.09. The maximum Gasteiger partial charge on any atom is 0.306 e. The normalized spacial score (nSPS) is 15.4. The van der Waals surface area contributed by atoms with Crippen LogP contribution in [0.4, 0.5) is 0 Å². The fraction of sp³-hybridized carbons (Fsp3) is 0.727. The van der Waals surface area contributed by atoms with Crippen LogP contribution in [0.25, 0.3) is 0 Å². The third-order valence-corrected chi connectivity index (χ3v) is 2.29. The van der Waals surface area contributed by atoms with Crippen molar-refractivity contribution in [2.24, 2.45) is 0 Å². The van der Waals surface area contributed by atoms with E-state index in [4.69, 9.17) is 10.2 Å². The molecule has 0 aliphatic carbocycles. The molecule has 0 aromatic rings. The number of aliphatic hydroxyl groups excluding tert-OH is 4. The smallest absolute Gasteiger partial charge is 0.306 e. The van der Waals surface area contributed by atoms with Gasteiger partial charge in [0.1, 0.15) is 24.1 Å². The molecule has 0 saturated carbocycles. The lowest BCUT2D eigenvalue weighted by atomic mass is 10.1. The molecular formula is C11H18O8. The Kier molecular flexibility index (Phi) is 8.08. The molecule has 0 amide bonds. The third-order valence-electron chi connectivity index (χ3n) is 2.29. The quantitative estimate of drug-likeness (QED) is 0.340. The second-order valence-corrected chi connectivity index (χ2v) is 4.01. The summed E-state index contributed by atoms with van der Waals surface area (Å²) in [6.07, 6.45) is -5.70. The first-order valence-electron chi connectivity index (χ1n) is 5.62. The summed E-state index contributed by atoms with van der Waals surface area (Å²) in [5, 5.41) is 36.1. The van der Waals surface area contributed by atoms with E-state index >= 15 is 0 Å². The minimum Gasteiger partial charge on any atom is -0.458 e. The van der Waals surface area contributed by atoms with Crippen LogP contribution in [0.2, 0.25) is 0 Å². The number of hydrogen-bond acceptors (Lipinski definition) is 8. The van der Waals surface area contributed by atoms with Gasteiger partial charge in [0, 0.05) is 6.42 Å². The van der Waals surface area contributed by atoms with Crippen molar-refractivity contribution in [1.82, 2.24) is 0 Å². The Morgan fingerprint density at radius 2 is 1.68 bits per heavy atom. The predicted molar refractivity (Wildman–Crippen MR) is 61.0 cm³/mol. The molecule has 8 heteroatoms. The first-order chi connectivity index (χ1) is 8.79. The van der Waals surface area contributed by atoms with E-state index in [1.54, 1.807) is 0 Å². The molecule has 110 valence electrons. The SMILES string of the molecule is CC(=O)CCC(=O)OCC(=O)[C@@H](O)[C@H](O)[C@H](O)CO. The van der Waals surface area contributed by atoms with Gasteiger partial charge in [-0.05, 0) is 6.92 Å². The molecule has 0 aromatic carbocycles. The molecule has 0 bridgehead atoms. The summed E-state index contributed by atoms with van der Waals surface area (Å²) in [6, 6.07) is 0. The Morgan fingerprint density at radius 1 is 1.11 bits per heavy atom. The molecule has 0 saturated heterocycles. The zero-order valence-electron chi connectivity index (χ0n) is 10.5. The van der Waals surface area contributed by atoms with E-state index in [0.717, 1.165) is 0 Å². The highest BCUT2D eigenvalue weighted by Crippen LogP contribution is 2.02. The Labute approximate surface area is 109 Å². The molecule has 0 spiro atoms. The Hall–Kier alpha value is -1.35. The average molecular weight is 278 g/mol. The fourth-order valence-electron chi connectivity index (χ4n) is 1.10. The molecule has 8 nitrogen and oxygen atoms in total. The molecule has 3 atom stereocenters. The number of carbonyl (C=O) groups excluding carboxylic acids is 3. The van der Waals surface area contributed by atoms with E-state index in [2.05, 4.69) is 4.74 Å². The molecule has 4 N–H and O–H groups in total. The number of aliphatic hydroxyl groups is 4. The predicted octanol–water partition coefficient (Wildman–Crippen LogP) is -2.46. The summed E-state index contributed by atoms with van der Waals surface area (Å²) in [5.41, 5.74) is 0. The minimum absolute atomic E-state index is 0.0125. The lowest BCUT2D eigenvalue weighted by molar-refractivity contribution is -0.155. The minimum atomic E-state index is -1.97. The zero-order chi connectivity index (χ0) is 15.0. The first-order valence-corrected chi connectivity index (χ1v) is 5.62. The molecule has 0 heterocycles. The number of hydrogen-bond donors (Lipinski definition) is 4. The van der Waals surface area contributed by atoms with Crippen molar-refractivity contribution < 1.29 is 39.5 Å². The van der Waals surface area contributed by atoms with Crippen molar-refractivity contribution in [2.75, 3.05) is 13.2 Å². The molecule has 0 aliphatic rings. The molecule has 19 heavy (non-hydrogen) atoms. The lowest BCUT2D eigenvalue weighted by Crippen LogP contribution is -2.45. The summed E-state index contributed by atoms with van der Waals surface area (Å²) in [7, 11) is 0. The van der Waals surface area contributed by atoms with Crippen LogP contribution in [-0.2, 0) is 19.1 Å². The Bertz CT molecular complexity index is 327. The molecule has 0 rings (SSSR count). The zero-order valence-corrected chi connectivity index (χ0v) is 10.5. The number of ketones is 2. The van der Waals surface area contributed by atoms with Gasteiger partial charge in [-0.15, -0.1) is 0 Å². The van der Waals surface area contributed by atoms with Crippen LogP contribution in [0.3, 0.4) is 0 Å². The van der Waals surface area contributed by atoms with Crippen molar-refractivity contribution in [3.8, 4) is 0 Å². The van der Waals surface area contributed by atoms with Gasteiger partial charge in [0.15, 0.2) is 6.61 Å². The number of Topliss-reactive ketones (excluding diaryl/α,β-unsaturated/α-hetero) is 2. The van der Waals surface area contributed by atoms with Gasteiger partial charge >= 0.3 is 5.97 Å². The third kappa shape index (κ3) is 6.97.